The first-order chi connectivity index (χ1) is 14.9. The molecule has 3 unspecified atom stereocenters. The molecule has 1 heterocycles. The van der Waals surface area contributed by atoms with E-state index in [1.807, 2.05) is 6.07 Å². The molecule has 0 spiro atoms. The van der Waals surface area contributed by atoms with Gasteiger partial charge >= 0.3 is 0 Å². The maximum atomic E-state index is 5.64. The Labute approximate surface area is 186 Å². The first kappa shape index (κ1) is 21.0. The molecule has 31 heavy (non-hydrogen) atoms. The van der Waals surface area contributed by atoms with Crippen LogP contribution in [-0.4, -0.2) is 17.5 Å². The summed E-state index contributed by atoms with van der Waals surface area (Å²) in [6, 6.07) is 1.89. The van der Waals surface area contributed by atoms with Gasteiger partial charge in [0.25, 0.3) is 0 Å². The summed E-state index contributed by atoms with van der Waals surface area (Å²) in [5.41, 5.74) is 11.4. The number of fused-ring (bicyclic) bond motifs is 5. The largest absolute Gasteiger partial charge is 0.395 e. The van der Waals surface area contributed by atoms with E-state index in [2.05, 4.69) is 36.8 Å². The highest BCUT2D eigenvalue weighted by molar-refractivity contribution is 5.96. The Morgan fingerprint density at radius 3 is 2.81 bits per heavy atom. The van der Waals surface area contributed by atoms with Crippen LogP contribution in [0.25, 0.3) is 0 Å². The summed E-state index contributed by atoms with van der Waals surface area (Å²) in [7, 11) is 0. The predicted molar refractivity (Wildman–Crippen MR) is 122 cm³/mol. The predicted octanol–water partition coefficient (Wildman–Crippen LogP) is 5.57. The van der Waals surface area contributed by atoms with Crippen LogP contribution in [0.5, 0.6) is 0 Å². The quantitative estimate of drug-likeness (QED) is 0.382. The van der Waals surface area contributed by atoms with Gasteiger partial charge < -0.3 is 15.1 Å². The van der Waals surface area contributed by atoms with E-state index in [1.165, 1.54) is 50.5 Å². The number of aromatic nitrogens is 1. The minimum Gasteiger partial charge on any atom is -0.395 e. The maximum absolute atomic E-state index is 5.64. The zero-order chi connectivity index (χ0) is 21.6. The molecule has 1 aromatic heterocycles. The first-order valence-corrected chi connectivity index (χ1v) is 12.2. The lowest BCUT2D eigenvalue weighted by molar-refractivity contribution is -0.0226. The van der Waals surface area contributed by atoms with Crippen molar-refractivity contribution in [1.29, 1.82) is 0 Å². The number of allylic oxidation sites excluding steroid dienone is 3. The lowest BCUT2D eigenvalue weighted by atomic mass is 9.47. The van der Waals surface area contributed by atoms with Crippen molar-refractivity contribution in [2.24, 2.45) is 39.5 Å². The second-order valence-corrected chi connectivity index (χ2v) is 10.8. The highest BCUT2D eigenvalue weighted by atomic mass is 16.6. The third kappa shape index (κ3) is 3.49. The third-order valence-corrected chi connectivity index (χ3v) is 9.37. The standard InChI is InChI=1S/C26H37N3O2/c1-17-4-7-23-22-6-5-18-14-19(28-30-13-10-20-15-21(16-27)31-29-20)8-11-26(18,3)24(22)9-12-25(17,23)2/h14-15,22-24H,1,4-13,16,27H2,2-3H3/t22?,23?,24?,25-,26+/m1/s1. The van der Waals surface area contributed by atoms with Crippen LogP contribution in [0.15, 0.2) is 39.5 Å². The molecular weight excluding hydrogens is 386 g/mol. The molecule has 0 radical (unpaired) electrons. The van der Waals surface area contributed by atoms with Crippen molar-refractivity contribution in [2.45, 2.75) is 78.2 Å². The Kier molecular flexibility index (Phi) is 5.36. The molecule has 168 valence electrons. The molecule has 0 bridgehead atoms. The summed E-state index contributed by atoms with van der Waals surface area (Å²) in [6.45, 7) is 10.4. The van der Waals surface area contributed by atoms with E-state index in [1.54, 1.807) is 5.57 Å². The molecule has 4 aliphatic rings. The van der Waals surface area contributed by atoms with Crippen LogP contribution < -0.4 is 5.73 Å². The molecule has 0 saturated heterocycles. The van der Waals surface area contributed by atoms with Gasteiger partial charge in [0.15, 0.2) is 5.76 Å². The molecule has 5 heteroatoms. The van der Waals surface area contributed by atoms with Gasteiger partial charge in [-0.3, -0.25) is 0 Å². The Morgan fingerprint density at radius 1 is 1.16 bits per heavy atom. The number of hydrogen-bond acceptors (Lipinski definition) is 5. The average Bonchev–Trinajstić information content (AvgIpc) is 3.35. The van der Waals surface area contributed by atoms with Gasteiger partial charge in [0.2, 0.25) is 0 Å². The Hall–Kier alpha value is -1.88. The second-order valence-electron chi connectivity index (χ2n) is 10.8. The smallest absolute Gasteiger partial charge is 0.150 e. The summed E-state index contributed by atoms with van der Waals surface area (Å²) in [4.78, 5) is 5.64. The van der Waals surface area contributed by atoms with Crippen LogP contribution in [0, 0.1) is 28.6 Å². The zero-order valence-electron chi connectivity index (χ0n) is 19.2. The fraction of sp³-hybridized carbons (Fsp3) is 0.692. The summed E-state index contributed by atoms with van der Waals surface area (Å²) < 4.78 is 5.13. The van der Waals surface area contributed by atoms with Gasteiger partial charge in [-0.2, -0.15) is 0 Å². The van der Waals surface area contributed by atoms with Gasteiger partial charge in [0.05, 0.1) is 18.0 Å². The molecule has 5 atom stereocenters. The zero-order valence-corrected chi connectivity index (χ0v) is 19.2. The molecule has 0 amide bonds. The van der Waals surface area contributed by atoms with Gasteiger partial charge in [-0.15, -0.1) is 0 Å². The normalized spacial score (nSPS) is 38.4. The highest BCUT2D eigenvalue weighted by Crippen LogP contribution is 2.66. The van der Waals surface area contributed by atoms with Crippen LogP contribution >= 0.6 is 0 Å². The van der Waals surface area contributed by atoms with E-state index >= 15 is 0 Å². The van der Waals surface area contributed by atoms with E-state index < -0.39 is 0 Å². The van der Waals surface area contributed by atoms with E-state index in [4.69, 9.17) is 15.1 Å². The lowest BCUT2D eigenvalue weighted by Crippen LogP contribution is -2.49. The number of nitrogens with zero attached hydrogens (tertiary/aromatic N) is 2. The summed E-state index contributed by atoms with van der Waals surface area (Å²) >= 11 is 0. The van der Waals surface area contributed by atoms with Crippen molar-refractivity contribution in [3.05, 3.63) is 41.3 Å². The number of hydrogen-bond donors (Lipinski definition) is 1. The second kappa shape index (κ2) is 7.91. The van der Waals surface area contributed by atoms with Gasteiger partial charge in [0, 0.05) is 12.5 Å². The minimum atomic E-state index is 0.340. The molecule has 3 saturated carbocycles. The van der Waals surface area contributed by atoms with Crippen molar-refractivity contribution in [3.8, 4) is 0 Å². The van der Waals surface area contributed by atoms with E-state index in [0.29, 0.717) is 36.2 Å². The van der Waals surface area contributed by atoms with Crippen molar-refractivity contribution in [2.75, 3.05) is 6.61 Å². The van der Waals surface area contributed by atoms with Gasteiger partial charge in [-0.1, -0.05) is 41.9 Å². The molecule has 2 N–H and O–H groups in total. The van der Waals surface area contributed by atoms with Gasteiger partial charge in [-0.25, -0.2) is 0 Å². The average molecular weight is 424 g/mol. The summed E-state index contributed by atoms with van der Waals surface area (Å²) in [5, 5.41) is 8.48. The van der Waals surface area contributed by atoms with Crippen LogP contribution in [-0.2, 0) is 17.8 Å². The monoisotopic (exact) mass is 423 g/mol. The molecule has 5 rings (SSSR count). The fourth-order valence-electron chi connectivity index (χ4n) is 7.40. The number of rotatable bonds is 5. The Bertz CT molecular complexity index is 916. The molecule has 1 aromatic rings. The van der Waals surface area contributed by atoms with Crippen LogP contribution in [0.1, 0.15) is 76.7 Å². The molecular formula is C26H37N3O2. The molecule has 0 aromatic carbocycles. The van der Waals surface area contributed by atoms with Crippen LogP contribution in [0.3, 0.4) is 0 Å². The van der Waals surface area contributed by atoms with E-state index in [9.17, 15) is 0 Å². The highest BCUT2D eigenvalue weighted by Gasteiger charge is 2.57. The molecule has 4 aliphatic carbocycles. The topological polar surface area (TPSA) is 73.6 Å². The fourth-order valence-corrected chi connectivity index (χ4v) is 7.40. The molecule has 0 aliphatic heterocycles. The van der Waals surface area contributed by atoms with Crippen molar-refractivity contribution < 1.29 is 9.36 Å². The van der Waals surface area contributed by atoms with Crippen LogP contribution in [0.2, 0.25) is 0 Å². The molecule has 3 fully saturated rings. The number of nitrogens with two attached hydrogens (primary N) is 1. The van der Waals surface area contributed by atoms with Crippen LogP contribution in [0.4, 0.5) is 0 Å². The third-order valence-electron chi connectivity index (χ3n) is 9.37. The first-order valence-electron chi connectivity index (χ1n) is 12.2. The van der Waals surface area contributed by atoms with Crippen molar-refractivity contribution in [1.82, 2.24) is 5.16 Å². The maximum Gasteiger partial charge on any atom is 0.150 e. The lowest BCUT2D eigenvalue weighted by Gasteiger charge is -2.57. The van der Waals surface area contributed by atoms with E-state index in [-0.39, 0.29) is 0 Å². The van der Waals surface area contributed by atoms with Crippen molar-refractivity contribution >= 4 is 5.71 Å². The minimum absolute atomic E-state index is 0.340. The van der Waals surface area contributed by atoms with E-state index in [0.717, 1.165) is 35.6 Å². The SMILES string of the molecule is C=C1CCC2C3CCC4=CC(=NOCCc5cc(CN)on5)CC[C@]4(C)C3CC[C@]12C. The summed E-state index contributed by atoms with van der Waals surface area (Å²) in [5.74, 6) is 3.25. The number of oxime groups is 1. The van der Waals surface area contributed by atoms with Gasteiger partial charge in [0.1, 0.15) is 6.61 Å². The van der Waals surface area contributed by atoms with Crippen molar-refractivity contribution in [3.63, 3.8) is 0 Å². The molecule has 5 nitrogen and oxygen atoms in total. The Morgan fingerprint density at radius 2 is 2.00 bits per heavy atom. The summed E-state index contributed by atoms with van der Waals surface area (Å²) in [6.07, 6.45) is 13.1. The Balaban J connectivity index is 1.24. The van der Waals surface area contributed by atoms with Gasteiger partial charge in [-0.05, 0) is 86.0 Å².